The Labute approximate surface area is 536 Å². The molecule has 0 aromatic rings. The maximum atomic E-state index is 11.9. The molecule has 0 saturated carbocycles. The van der Waals surface area contributed by atoms with Crippen molar-refractivity contribution >= 4 is 5.97 Å². The molecule has 0 radical (unpaired) electrons. The van der Waals surface area contributed by atoms with Crippen molar-refractivity contribution in [3.8, 4) is 0 Å². The van der Waals surface area contributed by atoms with Gasteiger partial charge < -0.3 is 15.3 Å². The molecule has 4 nitrogen and oxygen atoms in total. The average molecular weight is 1200 g/mol. The lowest BCUT2D eigenvalue weighted by Crippen LogP contribution is -2.28. The average Bonchev–Trinajstić information content (AvgIpc) is 3.49. The highest BCUT2D eigenvalue weighted by Gasteiger charge is 2.25. The van der Waals surface area contributed by atoms with Gasteiger partial charge in [-0.1, -0.05) is 438 Å². The molecule has 0 fully saturated rings. The molecule has 0 aromatic heterocycles. The van der Waals surface area contributed by atoms with Crippen molar-refractivity contribution in [3.63, 3.8) is 0 Å². The Bertz CT molecular complexity index is 1260. The maximum Gasteiger partial charge on any atom is 0.309 e. The van der Waals surface area contributed by atoms with E-state index in [1.54, 1.807) is 0 Å². The molecule has 0 spiro atoms. The molecule has 0 heterocycles. The predicted octanol–water partition coefficient (Wildman–Crippen LogP) is 28.2. The van der Waals surface area contributed by atoms with Crippen LogP contribution in [0, 0.1) is 17.8 Å². The van der Waals surface area contributed by atoms with Crippen LogP contribution in [0.4, 0.5) is 0 Å². The maximum absolute atomic E-state index is 11.9. The zero-order valence-electron chi connectivity index (χ0n) is 59.1. The van der Waals surface area contributed by atoms with Crippen molar-refractivity contribution in [3.05, 3.63) is 12.2 Å². The van der Waals surface area contributed by atoms with Crippen LogP contribution in [0.1, 0.15) is 471 Å². The lowest BCUT2D eigenvalue weighted by atomic mass is 9.91. The van der Waals surface area contributed by atoms with Crippen LogP contribution >= 0.6 is 0 Å². The van der Waals surface area contributed by atoms with Crippen LogP contribution < -0.4 is 0 Å². The summed E-state index contributed by atoms with van der Waals surface area (Å²) in [5, 5.41) is 31.2. The highest BCUT2D eigenvalue weighted by atomic mass is 16.4. The van der Waals surface area contributed by atoms with Gasteiger partial charge in [0.15, 0.2) is 0 Å². The van der Waals surface area contributed by atoms with Gasteiger partial charge >= 0.3 is 5.97 Å². The van der Waals surface area contributed by atoms with Crippen LogP contribution in [0.5, 0.6) is 0 Å². The van der Waals surface area contributed by atoms with E-state index in [9.17, 15) is 20.1 Å². The largest absolute Gasteiger partial charge is 0.481 e. The van der Waals surface area contributed by atoms with E-state index in [-0.39, 0.29) is 6.10 Å². The van der Waals surface area contributed by atoms with E-state index in [0.717, 1.165) is 38.0 Å². The van der Waals surface area contributed by atoms with Gasteiger partial charge in [-0.25, -0.2) is 0 Å². The third kappa shape index (κ3) is 67.4. The SMILES string of the molecule is CCCCCCCCCCCCCCCCCCCCCCC(C(=O)O)C(O)CCCCCCCCCCCCCCCCCCC(C)/C=C/CCCCCCCCCCCCCC(O)C(C)CCCCCCCCCCCCCCCCCC. The monoisotopic (exact) mass is 1200 g/mol. The molecule has 0 aliphatic heterocycles. The van der Waals surface area contributed by atoms with Gasteiger partial charge in [0.2, 0.25) is 0 Å². The summed E-state index contributed by atoms with van der Waals surface area (Å²) in [4.78, 5) is 11.9. The zero-order valence-corrected chi connectivity index (χ0v) is 59.1. The number of unbranched alkanes of at least 4 members (excludes halogenated alkanes) is 60. The molecule has 4 heteroatoms. The molecule has 3 N–H and O–H groups in total. The Hall–Kier alpha value is -0.870. The summed E-state index contributed by atoms with van der Waals surface area (Å²) >= 11 is 0. The molecule has 0 amide bonds. The first-order chi connectivity index (χ1) is 41.8. The minimum Gasteiger partial charge on any atom is -0.481 e. The van der Waals surface area contributed by atoms with Crippen LogP contribution in [0.25, 0.3) is 0 Å². The fourth-order valence-electron chi connectivity index (χ4n) is 13.7. The molecule has 0 aliphatic carbocycles. The summed E-state index contributed by atoms with van der Waals surface area (Å²) in [5.74, 6) is -0.187. The highest BCUT2D eigenvalue weighted by molar-refractivity contribution is 5.70. The number of aliphatic hydroxyl groups is 2. The minimum absolute atomic E-state index is 0.0870. The second-order valence-electron chi connectivity index (χ2n) is 28.8. The summed E-state index contributed by atoms with van der Waals surface area (Å²) < 4.78 is 0. The number of aliphatic hydroxyl groups excluding tert-OH is 2. The topological polar surface area (TPSA) is 77.8 Å². The van der Waals surface area contributed by atoms with E-state index < -0.39 is 18.0 Å². The van der Waals surface area contributed by atoms with Crippen LogP contribution in [0.15, 0.2) is 12.2 Å². The van der Waals surface area contributed by atoms with Gasteiger partial charge in [0.25, 0.3) is 0 Å². The first kappa shape index (κ1) is 84.1. The lowest BCUT2D eigenvalue weighted by molar-refractivity contribution is -0.146. The quantitative estimate of drug-likeness (QED) is 0.0419. The molecule has 0 aliphatic rings. The van der Waals surface area contributed by atoms with E-state index in [0.29, 0.717) is 18.8 Å². The first-order valence-electron chi connectivity index (χ1n) is 40.1. The fourth-order valence-corrected chi connectivity index (χ4v) is 13.7. The zero-order chi connectivity index (χ0) is 61.7. The number of hydrogen-bond acceptors (Lipinski definition) is 3. The van der Waals surface area contributed by atoms with Crippen molar-refractivity contribution in [2.24, 2.45) is 17.8 Å². The molecule has 0 rings (SSSR count). The Kier molecular flexibility index (Phi) is 71.5. The van der Waals surface area contributed by atoms with Gasteiger partial charge in [0.1, 0.15) is 0 Å². The van der Waals surface area contributed by atoms with Crippen LogP contribution in [-0.2, 0) is 4.79 Å². The number of carboxylic acid groups (broad SMARTS) is 1. The van der Waals surface area contributed by atoms with Crippen molar-refractivity contribution in [1.82, 2.24) is 0 Å². The normalized spacial score (nSPS) is 13.8. The van der Waals surface area contributed by atoms with E-state index in [1.165, 1.54) is 398 Å². The smallest absolute Gasteiger partial charge is 0.309 e. The Morgan fingerprint density at radius 1 is 0.271 bits per heavy atom. The highest BCUT2D eigenvalue weighted by Crippen LogP contribution is 2.24. The van der Waals surface area contributed by atoms with Crippen molar-refractivity contribution in [1.29, 1.82) is 0 Å². The molecular formula is C81H160O4. The van der Waals surface area contributed by atoms with Crippen LogP contribution in [0.2, 0.25) is 0 Å². The predicted molar refractivity (Wildman–Crippen MR) is 381 cm³/mol. The number of aliphatic carboxylic acids is 1. The molecule has 0 bridgehead atoms. The Morgan fingerprint density at radius 3 is 0.753 bits per heavy atom. The molecule has 0 saturated heterocycles. The number of allylic oxidation sites excluding steroid dienone is 2. The minimum atomic E-state index is -0.803. The number of hydrogen-bond donors (Lipinski definition) is 3. The molecule has 5 atom stereocenters. The third-order valence-corrected chi connectivity index (χ3v) is 20.1. The van der Waals surface area contributed by atoms with E-state index in [1.807, 2.05) is 0 Å². The Balaban J connectivity index is 3.44. The van der Waals surface area contributed by atoms with Gasteiger partial charge in [-0.05, 0) is 56.8 Å². The molecule has 85 heavy (non-hydrogen) atoms. The van der Waals surface area contributed by atoms with Crippen molar-refractivity contribution in [2.75, 3.05) is 0 Å². The van der Waals surface area contributed by atoms with E-state index in [4.69, 9.17) is 0 Å². The molecular weight excluding hydrogens is 1040 g/mol. The van der Waals surface area contributed by atoms with Crippen molar-refractivity contribution in [2.45, 2.75) is 483 Å². The van der Waals surface area contributed by atoms with Crippen LogP contribution in [-0.4, -0.2) is 33.5 Å². The number of carboxylic acids is 1. The second kappa shape index (κ2) is 72.2. The van der Waals surface area contributed by atoms with Crippen molar-refractivity contribution < 1.29 is 20.1 Å². The van der Waals surface area contributed by atoms with Gasteiger partial charge in [0.05, 0.1) is 18.1 Å². The molecule has 508 valence electrons. The second-order valence-corrected chi connectivity index (χ2v) is 28.8. The summed E-state index contributed by atoms with van der Waals surface area (Å²) in [6, 6.07) is 0. The van der Waals surface area contributed by atoms with E-state index in [2.05, 4.69) is 39.8 Å². The third-order valence-electron chi connectivity index (χ3n) is 20.1. The standard InChI is InChI=1S/C81H160O4/c1-5-7-9-11-13-15-17-19-21-23-24-25-26-31-37-43-49-55-61-67-73-78(81(84)85)80(83)75-69-63-57-51-45-38-32-28-27-29-34-40-46-52-58-64-70-76(3)71-65-59-53-47-41-35-33-39-44-50-56-62-68-74-79(82)77(4)72-66-60-54-48-42-36-30-22-20-18-16-14-12-10-8-6-2/h65,71,76-80,82-83H,5-64,66-70,72-75H2,1-4H3,(H,84,85)/b71-65+. The van der Waals surface area contributed by atoms with Gasteiger partial charge in [-0.3, -0.25) is 4.79 Å². The van der Waals surface area contributed by atoms with Crippen LogP contribution in [0.3, 0.4) is 0 Å². The summed E-state index contributed by atoms with van der Waals surface area (Å²) in [7, 11) is 0. The van der Waals surface area contributed by atoms with E-state index >= 15 is 0 Å². The fraction of sp³-hybridized carbons (Fsp3) is 0.963. The molecule has 0 aromatic carbocycles. The summed E-state index contributed by atoms with van der Waals surface area (Å²) in [6.07, 6.45) is 96.5. The Morgan fingerprint density at radius 2 is 0.482 bits per heavy atom. The number of rotatable bonds is 75. The lowest BCUT2D eigenvalue weighted by Gasteiger charge is -2.19. The first-order valence-corrected chi connectivity index (χ1v) is 40.1. The van der Waals surface area contributed by atoms with Gasteiger partial charge in [-0.15, -0.1) is 0 Å². The van der Waals surface area contributed by atoms with Gasteiger partial charge in [-0.2, -0.15) is 0 Å². The summed E-state index contributed by atoms with van der Waals surface area (Å²) in [5.41, 5.74) is 0. The molecule has 5 unspecified atom stereocenters. The summed E-state index contributed by atoms with van der Waals surface area (Å²) in [6.45, 7) is 9.30. The van der Waals surface area contributed by atoms with Gasteiger partial charge in [0, 0.05) is 0 Å². The number of carbonyl (C=O) groups is 1.